The minimum atomic E-state index is -0.300. The van der Waals surface area contributed by atoms with Crippen LogP contribution in [-0.2, 0) is 6.54 Å². The molecule has 0 aliphatic carbocycles. The third-order valence-electron chi connectivity index (χ3n) is 5.88. The van der Waals surface area contributed by atoms with Crippen LogP contribution in [0.3, 0.4) is 0 Å². The number of anilines is 1. The van der Waals surface area contributed by atoms with Crippen LogP contribution in [0.4, 0.5) is 10.5 Å². The van der Waals surface area contributed by atoms with Gasteiger partial charge in [0.25, 0.3) is 0 Å². The number of hydrogen-bond acceptors (Lipinski definition) is 5. The predicted molar refractivity (Wildman–Crippen MR) is 129 cm³/mol. The highest BCUT2D eigenvalue weighted by atomic mass is 16.2. The number of piperazine rings is 1. The Morgan fingerprint density at radius 2 is 1.94 bits per heavy atom. The van der Waals surface area contributed by atoms with Crippen molar-refractivity contribution in [2.75, 3.05) is 45.1 Å². The third kappa shape index (κ3) is 6.27. The van der Waals surface area contributed by atoms with Gasteiger partial charge in [0.15, 0.2) is 0 Å². The van der Waals surface area contributed by atoms with Gasteiger partial charge in [0.05, 0.1) is 6.54 Å². The van der Waals surface area contributed by atoms with E-state index in [1.807, 2.05) is 30.3 Å². The van der Waals surface area contributed by atoms with Crippen molar-refractivity contribution in [2.45, 2.75) is 12.6 Å². The molecule has 0 bridgehead atoms. The quantitative estimate of drug-likeness (QED) is 0.583. The monoisotopic (exact) mass is 446 g/mol. The van der Waals surface area contributed by atoms with Gasteiger partial charge in [-0.2, -0.15) is 0 Å². The number of urea groups is 1. The van der Waals surface area contributed by atoms with E-state index in [1.165, 1.54) is 16.3 Å². The molecule has 1 fully saturated rings. The molecule has 1 atom stereocenters. The molecule has 1 aliphatic heterocycles. The van der Waals surface area contributed by atoms with Gasteiger partial charge in [-0.3, -0.25) is 9.47 Å². The summed E-state index contributed by atoms with van der Waals surface area (Å²) in [4.78, 5) is 32.8. The fraction of sp³-hybridized carbons (Fsp3) is 0.320. The number of hydrogen-bond donors (Lipinski definition) is 2. The van der Waals surface area contributed by atoms with E-state index in [2.05, 4.69) is 56.7 Å². The summed E-state index contributed by atoms with van der Waals surface area (Å²) in [5, 5.41) is 5.86. The molecule has 0 unspecified atom stereocenters. The number of carbonyl (C=O) groups excluding carboxylic acids is 1. The average molecular weight is 447 g/mol. The van der Waals surface area contributed by atoms with Gasteiger partial charge in [-0.15, -0.1) is 0 Å². The van der Waals surface area contributed by atoms with Gasteiger partial charge in [-0.1, -0.05) is 42.5 Å². The summed E-state index contributed by atoms with van der Waals surface area (Å²) < 4.78 is 1.53. The van der Waals surface area contributed by atoms with E-state index < -0.39 is 0 Å². The molecule has 0 radical (unpaired) electrons. The summed E-state index contributed by atoms with van der Waals surface area (Å²) in [6.07, 6.45) is 3.18. The molecular weight excluding hydrogens is 416 g/mol. The van der Waals surface area contributed by atoms with Crippen LogP contribution in [0.2, 0.25) is 0 Å². The van der Waals surface area contributed by atoms with Crippen LogP contribution in [0.25, 0.3) is 0 Å². The average Bonchev–Trinajstić information content (AvgIpc) is 2.82. The summed E-state index contributed by atoms with van der Waals surface area (Å²) in [7, 11) is 2.15. The summed E-state index contributed by atoms with van der Waals surface area (Å²) in [6.45, 7) is 4.70. The fourth-order valence-corrected chi connectivity index (χ4v) is 4.16. The van der Waals surface area contributed by atoms with E-state index in [9.17, 15) is 9.59 Å². The number of amides is 2. The van der Waals surface area contributed by atoms with Crippen molar-refractivity contribution in [1.29, 1.82) is 0 Å². The normalized spacial score (nSPS) is 16.9. The Labute approximate surface area is 193 Å². The highest BCUT2D eigenvalue weighted by molar-refractivity contribution is 5.89. The summed E-state index contributed by atoms with van der Waals surface area (Å²) in [5.41, 5.74) is 2.60. The van der Waals surface area contributed by atoms with Gasteiger partial charge in [0, 0.05) is 56.8 Å². The number of benzene rings is 2. The largest absolute Gasteiger partial charge is 0.347 e. The Morgan fingerprint density at radius 3 is 2.76 bits per heavy atom. The van der Waals surface area contributed by atoms with Gasteiger partial charge in [0.2, 0.25) is 0 Å². The van der Waals surface area contributed by atoms with Gasteiger partial charge in [0.1, 0.15) is 0 Å². The minimum Gasteiger partial charge on any atom is -0.337 e. The molecular formula is C25H30N6O2. The second kappa shape index (κ2) is 10.9. The molecule has 1 aliphatic rings. The second-order valence-electron chi connectivity index (χ2n) is 8.34. The first-order chi connectivity index (χ1) is 16.1. The van der Waals surface area contributed by atoms with Crippen molar-refractivity contribution in [2.24, 2.45) is 0 Å². The zero-order valence-corrected chi connectivity index (χ0v) is 18.9. The van der Waals surface area contributed by atoms with E-state index >= 15 is 0 Å². The Bertz CT molecular complexity index is 1120. The maximum atomic E-state index is 12.5. The van der Waals surface area contributed by atoms with Gasteiger partial charge in [-0.25, -0.2) is 14.6 Å². The zero-order chi connectivity index (χ0) is 23.0. The van der Waals surface area contributed by atoms with Gasteiger partial charge in [-0.05, 0) is 36.4 Å². The Morgan fingerprint density at radius 1 is 1.09 bits per heavy atom. The molecule has 2 N–H and O–H groups in total. The van der Waals surface area contributed by atoms with Gasteiger partial charge >= 0.3 is 11.7 Å². The molecule has 33 heavy (non-hydrogen) atoms. The van der Waals surface area contributed by atoms with E-state index in [0.29, 0.717) is 24.8 Å². The number of rotatable bonds is 7. The van der Waals surface area contributed by atoms with Crippen LogP contribution in [0.5, 0.6) is 0 Å². The maximum absolute atomic E-state index is 12.5. The Hall–Kier alpha value is -3.49. The Balaban J connectivity index is 1.29. The standard InChI is InChI=1S/C25H30N6O2/c1-29-15-16-30(23(19-29)21-8-3-2-4-9-21)14-12-26-24(32)28-22-10-5-7-20(17-22)18-31-13-6-11-27-25(31)33/h2-11,13,17,23H,12,14-16,18-19H2,1H3,(H2,26,28,32)/t23-/m1/s1. The second-order valence-corrected chi connectivity index (χ2v) is 8.34. The molecule has 2 heterocycles. The lowest BCUT2D eigenvalue weighted by Crippen LogP contribution is -2.49. The van der Waals surface area contributed by atoms with Crippen molar-refractivity contribution >= 4 is 11.7 Å². The van der Waals surface area contributed by atoms with Gasteiger partial charge < -0.3 is 15.5 Å². The smallest absolute Gasteiger partial charge is 0.337 e. The highest BCUT2D eigenvalue weighted by Gasteiger charge is 2.26. The topological polar surface area (TPSA) is 82.5 Å². The van der Waals surface area contributed by atoms with Crippen LogP contribution in [0, 0.1) is 0 Å². The van der Waals surface area contributed by atoms with Crippen molar-refractivity contribution in [3.8, 4) is 0 Å². The number of nitrogens with zero attached hydrogens (tertiary/aromatic N) is 4. The Kier molecular flexibility index (Phi) is 7.49. The molecule has 172 valence electrons. The van der Waals surface area contributed by atoms with Crippen molar-refractivity contribution in [3.05, 3.63) is 94.7 Å². The van der Waals surface area contributed by atoms with E-state index in [-0.39, 0.29) is 11.7 Å². The first kappa shape index (κ1) is 22.7. The molecule has 2 aromatic carbocycles. The summed E-state index contributed by atoms with van der Waals surface area (Å²) in [6, 6.07) is 19.8. The van der Waals surface area contributed by atoms with Crippen molar-refractivity contribution < 1.29 is 4.79 Å². The lowest BCUT2D eigenvalue weighted by Gasteiger charge is -2.40. The molecule has 1 saturated heterocycles. The first-order valence-corrected chi connectivity index (χ1v) is 11.2. The van der Waals surface area contributed by atoms with Crippen LogP contribution in [-0.4, -0.2) is 65.2 Å². The van der Waals surface area contributed by atoms with Crippen LogP contribution >= 0.6 is 0 Å². The summed E-state index contributed by atoms with van der Waals surface area (Å²) in [5.74, 6) is 0. The molecule has 0 saturated carbocycles. The highest BCUT2D eigenvalue weighted by Crippen LogP contribution is 2.24. The summed E-state index contributed by atoms with van der Waals surface area (Å²) >= 11 is 0. The molecule has 8 heteroatoms. The number of nitrogens with one attached hydrogen (secondary N) is 2. The van der Waals surface area contributed by atoms with Crippen molar-refractivity contribution in [1.82, 2.24) is 24.7 Å². The number of likely N-dealkylation sites (N-methyl/N-ethyl adjacent to an activating group) is 1. The lowest BCUT2D eigenvalue weighted by atomic mass is 10.0. The lowest BCUT2D eigenvalue weighted by molar-refractivity contribution is 0.0913. The van der Waals surface area contributed by atoms with Crippen LogP contribution in [0.15, 0.2) is 77.9 Å². The maximum Gasteiger partial charge on any atom is 0.347 e. The van der Waals surface area contributed by atoms with E-state index in [4.69, 9.17) is 0 Å². The fourth-order valence-electron chi connectivity index (χ4n) is 4.16. The molecule has 3 aromatic rings. The number of carbonyl (C=O) groups is 1. The van der Waals surface area contributed by atoms with E-state index in [1.54, 1.807) is 12.3 Å². The van der Waals surface area contributed by atoms with Crippen LogP contribution < -0.4 is 16.3 Å². The van der Waals surface area contributed by atoms with E-state index in [0.717, 1.165) is 31.7 Å². The third-order valence-corrected chi connectivity index (χ3v) is 5.88. The molecule has 4 rings (SSSR count). The predicted octanol–water partition coefficient (Wildman–Crippen LogP) is 2.40. The number of aromatic nitrogens is 2. The first-order valence-electron chi connectivity index (χ1n) is 11.2. The van der Waals surface area contributed by atoms with Crippen molar-refractivity contribution in [3.63, 3.8) is 0 Å². The molecule has 1 aromatic heterocycles. The molecule has 0 spiro atoms. The molecule has 8 nitrogen and oxygen atoms in total. The van der Waals surface area contributed by atoms with Crippen LogP contribution in [0.1, 0.15) is 17.2 Å². The zero-order valence-electron chi connectivity index (χ0n) is 18.9. The molecule has 2 amide bonds. The minimum absolute atomic E-state index is 0.240. The SMILES string of the molecule is CN1CCN(CCNC(=O)Nc2cccc(Cn3cccnc3=O)c2)[C@@H](c2ccccc2)C1.